The lowest BCUT2D eigenvalue weighted by atomic mass is 9.72. The van der Waals surface area contributed by atoms with E-state index in [-0.39, 0.29) is 22.6 Å². The number of carbonyl (C=O) groups excluding carboxylic acids is 1. The number of hydrogen-bond acceptors (Lipinski definition) is 11. The van der Waals surface area contributed by atoms with Crippen molar-refractivity contribution in [2.45, 2.75) is 50.8 Å². The summed E-state index contributed by atoms with van der Waals surface area (Å²) in [5.41, 5.74) is 7.05. The third kappa shape index (κ3) is 9.76. The second kappa shape index (κ2) is 18.1. The number of pyridine rings is 1. The van der Waals surface area contributed by atoms with E-state index in [2.05, 4.69) is 55.8 Å². The van der Waals surface area contributed by atoms with Gasteiger partial charge in [0.2, 0.25) is 0 Å². The summed E-state index contributed by atoms with van der Waals surface area (Å²) in [5, 5.41) is 16.8. The lowest BCUT2D eigenvalue weighted by molar-refractivity contribution is -0.384. The van der Waals surface area contributed by atoms with Gasteiger partial charge in [-0.05, 0) is 109 Å². The van der Waals surface area contributed by atoms with E-state index in [4.69, 9.17) is 16.3 Å². The molecule has 2 fully saturated rings. The average molecular weight is 882 g/mol. The van der Waals surface area contributed by atoms with Gasteiger partial charge < -0.3 is 24.8 Å². The molecule has 3 aromatic carbocycles. The molecule has 62 heavy (non-hydrogen) atoms. The Morgan fingerprint density at radius 3 is 2.53 bits per heavy atom. The van der Waals surface area contributed by atoms with Gasteiger partial charge in [-0.25, -0.2) is 18.1 Å². The summed E-state index contributed by atoms with van der Waals surface area (Å²) in [5.74, 6) is -0.592. The Hall–Kier alpha value is -5.48. The predicted molar refractivity (Wildman–Crippen MR) is 245 cm³/mol. The zero-order valence-electron chi connectivity index (χ0n) is 35.3. The average Bonchev–Trinajstić information content (AvgIpc) is 3.75. The highest BCUT2D eigenvalue weighted by molar-refractivity contribution is 7.90. The Balaban J connectivity index is 1.02. The van der Waals surface area contributed by atoms with E-state index in [0.29, 0.717) is 36.8 Å². The molecule has 14 nitrogen and oxygen atoms in total. The van der Waals surface area contributed by atoms with Crippen LogP contribution in [0.3, 0.4) is 0 Å². The molecule has 0 spiro atoms. The lowest BCUT2D eigenvalue weighted by Gasteiger charge is -2.39. The first kappa shape index (κ1) is 43.2. The fourth-order valence-corrected chi connectivity index (χ4v) is 9.87. The number of rotatable bonds is 13. The molecule has 1 aliphatic carbocycles. The van der Waals surface area contributed by atoms with Gasteiger partial charge in [-0.3, -0.25) is 19.8 Å². The number of nitrogens with zero attached hydrogens (tertiary/aromatic N) is 5. The monoisotopic (exact) mass is 880 g/mol. The molecule has 2 aliphatic heterocycles. The Labute approximate surface area is 367 Å². The normalized spacial score (nSPS) is 17.6. The molecule has 0 bridgehead atoms. The quantitative estimate of drug-likeness (QED) is 0.0766. The van der Waals surface area contributed by atoms with Gasteiger partial charge in [0.25, 0.3) is 21.6 Å². The Morgan fingerprint density at radius 1 is 1.03 bits per heavy atom. The van der Waals surface area contributed by atoms with Crippen molar-refractivity contribution < 1.29 is 22.9 Å². The molecule has 0 saturated carbocycles. The van der Waals surface area contributed by atoms with Gasteiger partial charge in [0.05, 0.1) is 33.0 Å². The maximum absolute atomic E-state index is 14.1. The van der Waals surface area contributed by atoms with E-state index in [9.17, 15) is 23.3 Å². The number of ether oxygens (including phenoxy) is 1. The number of H-pyrrole nitrogens is 1. The second-order valence-electron chi connectivity index (χ2n) is 17.4. The Kier molecular flexibility index (Phi) is 12.6. The van der Waals surface area contributed by atoms with Gasteiger partial charge in [0.15, 0.2) is 0 Å². The van der Waals surface area contributed by atoms with E-state index >= 15 is 0 Å². The molecule has 2 aromatic heterocycles. The summed E-state index contributed by atoms with van der Waals surface area (Å²) in [7, 11) is -2.72. The van der Waals surface area contributed by atoms with Crippen LogP contribution in [0.1, 0.15) is 61.9 Å². The lowest BCUT2D eigenvalue weighted by Crippen LogP contribution is -2.47. The van der Waals surface area contributed by atoms with Crippen LogP contribution >= 0.6 is 11.6 Å². The molecule has 5 aromatic rings. The van der Waals surface area contributed by atoms with Crippen LogP contribution in [0.25, 0.3) is 16.6 Å². The van der Waals surface area contributed by atoms with Crippen molar-refractivity contribution in [3.05, 3.63) is 117 Å². The topological polar surface area (TPSA) is 166 Å². The molecule has 326 valence electrons. The van der Waals surface area contributed by atoms with Crippen molar-refractivity contribution in [3.8, 4) is 0 Å². The summed E-state index contributed by atoms with van der Waals surface area (Å²) >= 11 is 6.25. The smallest absolute Gasteiger partial charge is 0.293 e. The van der Waals surface area contributed by atoms with E-state index in [1.165, 1.54) is 28.8 Å². The van der Waals surface area contributed by atoms with Crippen LogP contribution in [0.5, 0.6) is 0 Å². The van der Waals surface area contributed by atoms with Crippen LogP contribution in [-0.4, -0.2) is 93.6 Å². The van der Waals surface area contributed by atoms with Crippen molar-refractivity contribution in [1.82, 2.24) is 19.6 Å². The van der Waals surface area contributed by atoms with Crippen LogP contribution in [0.2, 0.25) is 5.02 Å². The number of aromatic amines is 1. The largest absolute Gasteiger partial charge is 0.381 e. The summed E-state index contributed by atoms with van der Waals surface area (Å²) in [6, 6.07) is 21.1. The molecule has 8 rings (SSSR count). The molecule has 3 N–H and O–H groups in total. The third-order valence-electron chi connectivity index (χ3n) is 12.5. The number of nitro groups is 1. The van der Waals surface area contributed by atoms with Crippen LogP contribution in [0, 0.1) is 21.4 Å². The van der Waals surface area contributed by atoms with E-state index < -0.39 is 31.4 Å². The fraction of sp³-hybridized carbons (Fsp3) is 0.391. The van der Waals surface area contributed by atoms with Gasteiger partial charge in [-0.1, -0.05) is 43.2 Å². The maximum Gasteiger partial charge on any atom is 0.293 e. The number of piperazine rings is 1. The molecule has 4 heterocycles. The number of hydrogen-bond donors (Lipinski definition) is 3. The van der Waals surface area contributed by atoms with E-state index in [1.807, 2.05) is 48.3 Å². The summed E-state index contributed by atoms with van der Waals surface area (Å²) in [4.78, 5) is 39.5. The van der Waals surface area contributed by atoms with Crippen molar-refractivity contribution in [2.24, 2.45) is 11.3 Å². The Bertz CT molecular complexity index is 2600. The minimum Gasteiger partial charge on any atom is -0.381 e. The SMILES string of the molecule is CN(c1cnc2[nH]ccc2c1)c1cc(N2CCN(CC3=C(c4ccc(Cl)cc4)CC(C)(C)CC3)CC2)ccc1C(=O)NS(=O)(=O)c1ccc(NCC2CCOCC2)c([N+](=O)[O-])c1. The van der Waals surface area contributed by atoms with Crippen molar-refractivity contribution in [1.29, 1.82) is 0 Å². The second-order valence-corrected chi connectivity index (χ2v) is 19.5. The first-order chi connectivity index (χ1) is 29.7. The van der Waals surface area contributed by atoms with Gasteiger partial charge >= 0.3 is 0 Å². The summed E-state index contributed by atoms with van der Waals surface area (Å²) in [6.07, 6.45) is 8.37. The van der Waals surface area contributed by atoms with E-state index in [0.717, 1.165) is 87.0 Å². The first-order valence-corrected chi connectivity index (χ1v) is 23.0. The number of anilines is 4. The number of aromatic nitrogens is 2. The highest BCUT2D eigenvalue weighted by Gasteiger charge is 2.31. The molecular weight excluding hydrogens is 828 g/mol. The molecule has 0 unspecified atom stereocenters. The number of sulfonamides is 1. The number of benzene rings is 3. The van der Waals surface area contributed by atoms with Gasteiger partial charge in [0, 0.05) is 87.9 Å². The summed E-state index contributed by atoms with van der Waals surface area (Å²) < 4.78 is 35.2. The minimum absolute atomic E-state index is 0.110. The highest BCUT2D eigenvalue weighted by atomic mass is 35.5. The molecule has 1 amide bonds. The minimum atomic E-state index is -4.53. The summed E-state index contributed by atoms with van der Waals surface area (Å²) in [6.45, 7) is 10.5. The molecule has 0 atom stereocenters. The predicted octanol–water partition coefficient (Wildman–Crippen LogP) is 8.64. The number of allylic oxidation sites excluding steroid dienone is 1. The number of nitro benzene ring substituents is 1. The van der Waals surface area contributed by atoms with Crippen LogP contribution in [0.15, 0.2) is 95.7 Å². The standard InChI is InChI=1S/C46H53ClN8O6S/c1-46(2)16-12-34(40(27-46)32-4-6-35(47)7-5-32)30-53-18-20-54(21-19-53)36-8-10-39(42(25-36)52(3)37-24-33-13-17-48-44(33)50-29-37)45(56)51-62(59,60)38-9-11-41(43(26-38)55(57)58)49-28-31-14-22-61-23-15-31/h4-11,13,17,24-26,29,31,49H,12,14-16,18-23,27-28,30H2,1-3H3,(H,48,50)(H,51,56). The third-order valence-corrected chi connectivity index (χ3v) is 14.1. The molecule has 3 aliphatic rings. The van der Waals surface area contributed by atoms with Gasteiger partial charge in [-0.2, -0.15) is 0 Å². The molecule has 2 saturated heterocycles. The number of nitrogens with one attached hydrogen (secondary N) is 3. The van der Waals surface area contributed by atoms with Gasteiger partial charge in [0.1, 0.15) is 11.3 Å². The maximum atomic E-state index is 14.1. The zero-order chi connectivity index (χ0) is 43.6. The van der Waals surface area contributed by atoms with E-state index in [1.54, 1.807) is 18.5 Å². The molecule has 0 radical (unpaired) electrons. The highest BCUT2D eigenvalue weighted by Crippen LogP contribution is 2.43. The van der Waals surface area contributed by atoms with Crippen LogP contribution in [0.4, 0.5) is 28.4 Å². The molecule has 16 heteroatoms. The van der Waals surface area contributed by atoms with Crippen LogP contribution < -0.4 is 19.8 Å². The van der Waals surface area contributed by atoms with Crippen LogP contribution in [-0.2, 0) is 14.8 Å². The first-order valence-electron chi connectivity index (χ1n) is 21.2. The zero-order valence-corrected chi connectivity index (χ0v) is 36.9. The Morgan fingerprint density at radius 2 is 1.79 bits per heavy atom. The number of amides is 1. The van der Waals surface area contributed by atoms with Gasteiger partial charge in [-0.15, -0.1) is 0 Å². The molecular formula is C46H53ClN8O6S. The van der Waals surface area contributed by atoms with Crippen molar-refractivity contribution in [2.75, 3.05) is 74.6 Å². The number of carbonyl (C=O) groups is 1. The fourth-order valence-electron chi connectivity index (χ4n) is 8.75. The van der Waals surface area contributed by atoms with Crippen molar-refractivity contribution >= 4 is 72.6 Å². The number of fused-ring (bicyclic) bond motifs is 1. The van der Waals surface area contributed by atoms with Crippen molar-refractivity contribution in [3.63, 3.8) is 0 Å². The number of halogens is 1.